The predicted octanol–water partition coefficient (Wildman–Crippen LogP) is 4.02. The van der Waals surface area contributed by atoms with Crippen molar-refractivity contribution in [2.75, 3.05) is 19.7 Å². The van der Waals surface area contributed by atoms with Gasteiger partial charge in [0, 0.05) is 25.3 Å². The number of amides is 2. The monoisotopic (exact) mass is 472 g/mol. The molecule has 4 rings (SSSR count). The van der Waals surface area contributed by atoms with E-state index < -0.39 is 42.9 Å². The fourth-order valence-electron chi connectivity index (χ4n) is 4.68. The summed E-state index contributed by atoms with van der Waals surface area (Å²) in [6.45, 7) is -0.429. The molecule has 1 saturated heterocycles. The summed E-state index contributed by atoms with van der Waals surface area (Å²) in [6, 6.07) is 14.5. The summed E-state index contributed by atoms with van der Waals surface area (Å²) in [4.78, 5) is 36.3. The number of ether oxygens (including phenoxy) is 1. The highest BCUT2D eigenvalue weighted by Gasteiger charge is 2.49. The van der Waals surface area contributed by atoms with Crippen LogP contribution in [0.4, 0.5) is 13.6 Å². The van der Waals surface area contributed by atoms with E-state index in [-0.39, 0.29) is 25.5 Å². The molecule has 0 aromatic heterocycles. The van der Waals surface area contributed by atoms with Crippen LogP contribution >= 0.6 is 0 Å². The van der Waals surface area contributed by atoms with Crippen LogP contribution in [0.2, 0.25) is 0 Å². The number of halogens is 2. The zero-order valence-corrected chi connectivity index (χ0v) is 18.5. The third-order valence-electron chi connectivity index (χ3n) is 6.31. The topological polar surface area (TPSA) is 95.9 Å². The number of alkyl halides is 2. The van der Waals surface area contributed by atoms with Gasteiger partial charge in [0.15, 0.2) is 0 Å². The lowest BCUT2D eigenvalue weighted by atomic mass is 9.98. The Balaban J connectivity index is 1.19. The van der Waals surface area contributed by atoms with E-state index in [1.807, 2.05) is 36.4 Å². The van der Waals surface area contributed by atoms with Crippen molar-refractivity contribution in [3.05, 3.63) is 59.7 Å². The highest BCUT2D eigenvalue weighted by molar-refractivity contribution is 5.84. The Bertz CT molecular complexity index is 1040. The van der Waals surface area contributed by atoms with E-state index in [4.69, 9.17) is 9.84 Å². The summed E-state index contributed by atoms with van der Waals surface area (Å²) in [5.74, 6) is -5.28. The van der Waals surface area contributed by atoms with Crippen molar-refractivity contribution in [3.63, 3.8) is 0 Å². The van der Waals surface area contributed by atoms with Crippen LogP contribution in [0.3, 0.4) is 0 Å². The maximum absolute atomic E-state index is 13.5. The molecule has 7 nitrogen and oxygen atoms in total. The molecule has 1 aliphatic carbocycles. The van der Waals surface area contributed by atoms with Crippen LogP contribution in [-0.2, 0) is 14.3 Å². The minimum atomic E-state index is -3.19. The molecule has 2 aliphatic rings. The lowest BCUT2D eigenvalue weighted by Gasteiger charge is -2.20. The Hall–Kier alpha value is -3.49. The first-order chi connectivity index (χ1) is 16.3. The van der Waals surface area contributed by atoms with Crippen LogP contribution in [0.25, 0.3) is 11.1 Å². The van der Waals surface area contributed by atoms with Crippen LogP contribution in [0.1, 0.15) is 42.7 Å². The van der Waals surface area contributed by atoms with Crippen molar-refractivity contribution >= 4 is 18.0 Å². The summed E-state index contributed by atoms with van der Waals surface area (Å²) < 4.78 is 32.5. The second-order valence-corrected chi connectivity index (χ2v) is 8.65. The number of carboxylic acids is 1. The summed E-state index contributed by atoms with van der Waals surface area (Å²) in [6.07, 6.45) is -0.739. The van der Waals surface area contributed by atoms with Gasteiger partial charge in [0.1, 0.15) is 12.6 Å². The van der Waals surface area contributed by atoms with Gasteiger partial charge >= 0.3 is 12.1 Å². The van der Waals surface area contributed by atoms with E-state index in [1.54, 1.807) is 0 Å². The number of fused-ring (bicyclic) bond motifs is 3. The maximum atomic E-state index is 13.5. The van der Waals surface area contributed by atoms with Crippen molar-refractivity contribution in [2.45, 2.75) is 43.6 Å². The first-order valence-electron chi connectivity index (χ1n) is 11.3. The number of nitrogens with zero attached hydrogens (tertiary/aromatic N) is 1. The van der Waals surface area contributed by atoms with Crippen molar-refractivity contribution in [3.8, 4) is 11.1 Å². The van der Waals surface area contributed by atoms with Gasteiger partial charge in [-0.3, -0.25) is 4.79 Å². The number of carbonyl (C=O) groups excluding carboxylic acids is 2. The minimum absolute atomic E-state index is 0.0449. The molecule has 2 N–H and O–H groups in total. The molecule has 180 valence electrons. The summed E-state index contributed by atoms with van der Waals surface area (Å²) in [7, 11) is 0. The summed E-state index contributed by atoms with van der Waals surface area (Å²) >= 11 is 0. The molecular weight excluding hydrogens is 446 g/mol. The molecule has 1 atom stereocenters. The van der Waals surface area contributed by atoms with Gasteiger partial charge < -0.3 is 20.1 Å². The third-order valence-corrected chi connectivity index (χ3v) is 6.31. The molecule has 0 bridgehead atoms. The number of carboxylic acid groups (broad SMARTS) is 1. The van der Waals surface area contributed by atoms with Crippen LogP contribution in [0.5, 0.6) is 0 Å². The van der Waals surface area contributed by atoms with Crippen LogP contribution < -0.4 is 5.32 Å². The van der Waals surface area contributed by atoms with E-state index >= 15 is 0 Å². The van der Waals surface area contributed by atoms with E-state index in [2.05, 4.69) is 17.4 Å². The number of nitrogens with one attached hydrogen (secondary N) is 1. The largest absolute Gasteiger partial charge is 0.480 e. The van der Waals surface area contributed by atoms with Crippen molar-refractivity contribution < 1.29 is 33.0 Å². The first-order valence-corrected chi connectivity index (χ1v) is 11.3. The Morgan fingerprint density at radius 2 is 1.65 bits per heavy atom. The zero-order valence-electron chi connectivity index (χ0n) is 18.5. The Kier molecular flexibility index (Phi) is 6.81. The Morgan fingerprint density at radius 1 is 1.03 bits per heavy atom. The molecule has 0 spiro atoms. The summed E-state index contributed by atoms with van der Waals surface area (Å²) in [5, 5.41) is 11.7. The smallest absolute Gasteiger partial charge is 0.407 e. The number of unbranched alkanes of at least 4 members (excludes halogenated alkanes) is 1. The van der Waals surface area contributed by atoms with Crippen molar-refractivity contribution in [1.82, 2.24) is 10.2 Å². The molecule has 2 amide bonds. The second-order valence-electron chi connectivity index (χ2n) is 8.65. The number of aliphatic carboxylic acids is 1. The molecule has 0 saturated carbocycles. The van der Waals surface area contributed by atoms with E-state index in [9.17, 15) is 23.2 Å². The average Bonchev–Trinajstić information content (AvgIpc) is 3.32. The van der Waals surface area contributed by atoms with Gasteiger partial charge in [-0.1, -0.05) is 48.5 Å². The van der Waals surface area contributed by atoms with Gasteiger partial charge in [0.2, 0.25) is 5.91 Å². The van der Waals surface area contributed by atoms with Gasteiger partial charge in [-0.25, -0.2) is 18.4 Å². The van der Waals surface area contributed by atoms with Crippen LogP contribution in [-0.4, -0.2) is 59.6 Å². The highest BCUT2D eigenvalue weighted by atomic mass is 19.3. The second kappa shape index (κ2) is 9.79. The highest BCUT2D eigenvalue weighted by Crippen LogP contribution is 2.44. The number of hydrogen-bond acceptors (Lipinski definition) is 4. The van der Waals surface area contributed by atoms with E-state index in [0.29, 0.717) is 12.8 Å². The molecule has 0 radical (unpaired) electrons. The van der Waals surface area contributed by atoms with Crippen molar-refractivity contribution in [2.24, 2.45) is 0 Å². The molecule has 9 heteroatoms. The average molecular weight is 472 g/mol. The normalized spacial score (nSPS) is 18.3. The molecule has 1 fully saturated rings. The number of rotatable bonds is 8. The number of carbonyl (C=O) groups is 3. The van der Waals surface area contributed by atoms with Crippen molar-refractivity contribution in [1.29, 1.82) is 0 Å². The molecule has 1 unspecified atom stereocenters. The van der Waals surface area contributed by atoms with Gasteiger partial charge in [-0.15, -0.1) is 0 Å². The lowest BCUT2D eigenvalue weighted by molar-refractivity contribution is -0.148. The SMILES string of the molecule is O=C(NCCCCC(=O)N1CC(F)(F)CC1C(=O)O)OCC1c2ccccc2-c2ccccc21. The van der Waals surface area contributed by atoms with Gasteiger partial charge in [0.25, 0.3) is 5.92 Å². The van der Waals surface area contributed by atoms with Gasteiger partial charge in [0.05, 0.1) is 6.54 Å². The fraction of sp³-hybridized carbons (Fsp3) is 0.400. The molecule has 2 aromatic carbocycles. The zero-order chi connectivity index (χ0) is 24.3. The Morgan fingerprint density at radius 3 is 2.26 bits per heavy atom. The van der Waals surface area contributed by atoms with Gasteiger partial charge in [-0.05, 0) is 35.1 Å². The quantitative estimate of drug-likeness (QED) is 0.566. The Labute approximate surface area is 195 Å². The van der Waals surface area contributed by atoms with Crippen LogP contribution in [0.15, 0.2) is 48.5 Å². The summed E-state index contributed by atoms with van der Waals surface area (Å²) in [5.41, 5.74) is 4.50. The molecular formula is C25H26F2N2O5. The number of alkyl carbamates (subject to hydrolysis) is 1. The molecule has 1 heterocycles. The fourth-order valence-corrected chi connectivity index (χ4v) is 4.68. The maximum Gasteiger partial charge on any atom is 0.407 e. The van der Waals surface area contributed by atoms with E-state index in [1.165, 1.54) is 0 Å². The number of benzene rings is 2. The van der Waals surface area contributed by atoms with Gasteiger partial charge in [-0.2, -0.15) is 0 Å². The number of likely N-dealkylation sites (tertiary alicyclic amines) is 1. The minimum Gasteiger partial charge on any atom is -0.480 e. The lowest BCUT2D eigenvalue weighted by Crippen LogP contribution is -2.40. The molecule has 1 aliphatic heterocycles. The number of hydrogen-bond donors (Lipinski definition) is 2. The first kappa shape index (κ1) is 23.7. The standard InChI is InChI=1S/C25H26F2N2O5/c26-25(27)13-21(23(31)32)29(15-25)22(30)11-5-6-12-28-24(33)34-14-20-18-9-3-1-7-16(18)17-8-2-4-10-19(17)20/h1-4,7-10,20-21H,5-6,11-15H2,(H,28,33)(H,31,32). The van der Waals surface area contributed by atoms with E-state index in [0.717, 1.165) is 27.2 Å². The predicted molar refractivity (Wildman–Crippen MR) is 120 cm³/mol. The molecule has 34 heavy (non-hydrogen) atoms. The van der Waals surface area contributed by atoms with Crippen LogP contribution in [0, 0.1) is 0 Å². The molecule has 2 aromatic rings. The third kappa shape index (κ3) is 5.03.